The minimum atomic E-state index is 0.899. The van der Waals surface area contributed by atoms with E-state index in [1.165, 1.54) is 11.3 Å². The summed E-state index contributed by atoms with van der Waals surface area (Å²) in [6.45, 7) is 4.20. The van der Waals surface area contributed by atoms with E-state index in [2.05, 4.69) is 65.6 Å². The molecule has 31 heavy (non-hydrogen) atoms. The first-order valence-corrected chi connectivity index (χ1v) is 10.6. The molecule has 0 fully saturated rings. The number of anilines is 1. The van der Waals surface area contributed by atoms with E-state index in [1.807, 2.05) is 24.3 Å². The van der Waals surface area contributed by atoms with Gasteiger partial charge in [0.1, 0.15) is 0 Å². The SMILES string of the molecule is COC1=CC=C(Nc2cc(=C3C=c4ccccc4=N3)[nH]/c2=C\c2[nH]c(C)cc2C)CC1. The van der Waals surface area contributed by atoms with Gasteiger partial charge in [-0.2, -0.15) is 0 Å². The molecule has 3 N–H and O–H groups in total. The van der Waals surface area contributed by atoms with Gasteiger partial charge < -0.3 is 20.0 Å². The summed E-state index contributed by atoms with van der Waals surface area (Å²) in [5.41, 5.74) is 6.63. The molecule has 0 saturated heterocycles. The van der Waals surface area contributed by atoms with Crippen LogP contribution in [0.15, 0.2) is 65.0 Å². The largest absolute Gasteiger partial charge is 0.501 e. The second-order valence-corrected chi connectivity index (χ2v) is 8.06. The van der Waals surface area contributed by atoms with E-state index in [0.29, 0.717) is 0 Å². The lowest BCUT2D eigenvalue weighted by molar-refractivity contribution is 0.276. The zero-order chi connectivity index (χ0) is 21.4. The van der Waals surface area contributed by atoms with E-state index in [-0.39, 0.29) is 0 Å². The maximum Gasteiger partial charge on any atom is 0.0959 e. The smallest absolute Gasteiger partial charge is 0.0959 e. The fraction of sp³-hybridized carbons (Fsp3) is 0.192. The molecule has 0 radical (unpaired) electrons. The summed E-state index contributed by atoms with van der Waals surface area (Å²) in [7, 11) is 1.72. The fourth-order valence-corrected chi connectivity index (χ4v) is 4.09. The molecule has 0 amide bonds. The van der Waals surface area contributed by atoms with E-state index in [1.54, 1.807) is 7.11 Å². The summed E-state index contributed by atoms with van der Waals surface area (Å²) >= 11 is 0. The third kappa shape index (κ3) is 3.87. The van der Waals surface area contributed by atoms with Crippen LogP contribution in [0.5, 0.6) is 0 Å². The van der Waals surface area contributed by atoms with Gasteiger partial charge >= 0.3 is 0 Å². The Morgan fingerprint density at radius 3 is 2.65 bits per heavy atom. The van der Waals surface area contributed by atoms with Crippen LogP contribution in [-0.4, -0.2) is 17.1 Å². The average molecular weight is 411 g/mol. The van der Waals surface area contributed by atoms with Crippen molar-refractivity contribution in [3.8, 4) is 0 Å². The highest BCUT2D eigenvalue weighted by molar-refractivity contribution is 5.77. The predicted molar refractivity (Wildman–Crippen MR) is 125 cm³/mol. The van der Waals surface area contributed by atoms with Crippen molar-refractivity contribution in [1.29, 1.82) is 0 Å². The summed E-state index contributed by atoms with van der Waals surface area (Å²) in [6, 6.07) is 12.5. The molecule has 0 atom stereocenters. The van der Waals surface area contributed by atoms with Gasteiger partial charge in [-0.15, -0.1) is 0 Å². The standard InChI is InChI=1S/C26H26N4O/c1-16-12-17(2)27-22(16)14-25-24(28-19-8-10-20(31-3)11-9-19)15-26(30-25)23-13-18-6-4-5-7-21(18)29-23/h4-8,10,12-15,27-28,30H,9,11H2,1-3H3/b25-14-,26-23?. The molecule has 5 nitrogen and oxygen atoms in total. The topological polar surface area (TPSA) is 65.2 Å². The summed E-state index contributed by atoms with van der Waals surface area (Å²) < 4.78 is 5.36. The third-order valence-electron chi connectivity index (χ3n) is 5.74. The normalized spacial score (nSPS) is 17.5. The zero-order valence-electron chi connectivity index (χ0n) is 18.0. The quantitative estimate of drug-likeness (QED) is 0.619. The molecule has 0 spiro atoms. The molecule has 3 aromatic rings. The zero-order valence-corrected chi connectivity index (χ0v) is 18.0. The molecule has 2 aromatic heterocycles. The van der Waals surface area contributed by atoms with Gasteiger partial charge in [0.15, 0.2) is 0 Å². The molecule has 1 aliphatic carbocycles. The van der Waals surface area contributed by atoms with Gasteiger partial charge in [0.05, 0.1) is 40.3 Å². The van der Waals surface area contributed by atoms with Crippen LogP contribution in [-0.2, 0) is 4.74 Å². The van der Waals surface area contributed by atoms with E-state index in [4.69, 9.17) is 9.73 Å². The lowest BCUT2D eigenvalue weighted by Crippen LogP contribution is -2.19. The molecule has 0 saturated carbocycles. The Balaban J connectivity index is 1.64. The second kappa shape index (κ2) is 7.84. The number of rotatable bonds is 4. The molecule has 1 aliphatic heterocycles. The van der Waals surface area contributed by atoms with Gasteiger partial charge in [-0.1, -0.05) is 18.2 Å². The number of ether oxygens (including phenoxy) is 1. The van der Waals surface area contributed by atoms with Crippen molar-refractivity contribution in [3.63, 3.8) is 0 Å². The number of aromatic nitrogens is 2. The van der Waals surface area contributed by atoms with Crippen molar-refractivity contribution in [2.75, 3.05) is 12.4 Å². The Labute approximate surface area is 180 Å². The van der Waals surface area contributed by atoms with Crippen molar-refractivity contribution >= 4 is 23.5 Å². The molecular formula is C26H26N4O. The molecule has 0 unspecified atom stereocenters. The molecule has 5 heteroatoms. The maximum absolute atomic E-state index is 5.36. The number of para-hydroxylation sites is 1. The number of benzene rings is 1. The number of nitrogens with zero attached hydrogens (tertiary/aromatic N) is 1. The molecular weight excluding hydrogens is 384 g/mol. The van der Waals surface area contributed by atoms with Crippen LogP contribution in [0, 0.1) is 13.8 Å². The van der Waals surface area contributed by atoms with Crippen molar-refractivity contribution < 1.29 is 4.74 Å². The number of H-pyrrole nitrogens is 2. The summed E-state index contributed by atoms with van der Waals surface area (Å²) in [5, 5.41) is 7.80. The highest BCUT2D eigenvalue weighted by Gasteiger charge is 2.10. The molecule has 5 rings (SSSR count). The van der Waals surface area contributed by atoms with Crippen molar-refractivity contribution in [3.05, 3.63) is 98.2 Å². The lowest BCUT2D eigenvalue weighted by Gasteiger charge is -2.15. The number of hydrogen-bond acceptors (Lipinski definition) is 3. The molecule has 1 aromatic carbocycles. The first kappa shape index (κ1) is 19.2. The summed E-state index contributed by atoms with van der Waals surface area (Å²) in [4.78, 5) is 11.8. The van der Waals surface area contributed by atoms with E-state index >= 15 is 0 Å². The van der Waals surface area contributed by atoms with Crippen LogP contribution in [0.4, 0.5) is 5.69 Å². The summed E-state index contributed by atoms with van der Waals surface area (Å²) in [5.74, 6) is 1.01. The fourth-order valence-electron chi connectivity index (χ4n) is 4.09. The maximum atomic E-state index is 5.36. The van der Waals surface area contributed by atoms with E-state index < -0.39 is 0 Å². The van der Waals surface area contributed by atoms with Gasteiger partial charge in [0, 0.05) is 28.7 Å². The van der Waals surface area contributed by atoms with Crippen LogP contribution in [0.3, 0.4) is 0 Å². The Kier molecular flexibility index (Phi) is 4.86. The van der Waals surface area contributed by atoms with Crippen LogP contribution >= 0.6 is 0 Å². The molecule has 0 bridgehead atoms. The van der Waals surface area contributed by atoms with Crippen molar-refractivity contribution in [2.45, 2.75) is 26.7 Å². The minimum absolute atomic E-state index is 0.899. The van der Waals surface area contributed by atoms with Gasteiger partial charge in [0.2, 0.25) is 0 Å². The first-order chi connectivity index (χ1) is 15.1. The second-order valence-electron chi connectivity index (χ2n) is 8.06. The molecule has 156 valence electrons. The van der Waals surface area contributed by atoms with Gasteiger partial charge in [-0.05, 0) is 68.3 Å². The Bertz CT molecular complexity index is 1430. The number of methoxy groups -OCH3 is 1. The number of nitrogens with one attached hydrogen (secondary N) is 3. The minimum Gasteiger partial charge on any atom is -0.501 e. The Morgan fingerprint density at radius 2 is 1.94 bits per heavy atom. The van der Waals surface area contributed by atoms with Gasteiger partial charge in [0.25, 0.3) is 0 Å². The highest BCUT2D eigenvalue weighted by atomic mass is 16.5. The summed E-state index contributed by atoms with van der Waals surface area (Å²) in [6.07, 6.45) is 10.2. The Morgan fingerprint density at radius 1 is 1.06 bits per heavy atom. The third-order valence-corrected chi connectivity index (χ3v) is 5.74. The number of hydrogen-bond donors (Lipinski definition) is 3. The Hall–Kier alpha value is -3.73. The van der Waals surface area contributed by atoms with Gasteiger partial charge in [-0.3, -0.25) is 0 Å². The van der Waals surface area contributed by atoms with E-state index in [9.17, 15) is 0 Å². The lowest BCUT2D eigenvalue weighted by atomic mass is 10.1. The first-order valence-electron chi connectivity index (χ1n) is 10.6. The highest BCUT2D eigenvalue weighted by Crippen LogP contribution is 2.19. The van der Waals surface area contributed by atoms with Crippen molar-refractivity contribution in [1.82, 2.24) is 9.97 Å². The van der Waals surface area contributed by atoms with Crippen LogP contribution in [0.25, 0.3) is 17.8 Å². The number of allylic oxidation sites excluding steroid dienone is 4. The van der Waals surface area contributed by atoms with Crippen LogP contribution < -0.4 is 26.6 Å². The van der Waals surface area contributed by atoms with E-state index in [0.717, 1.165) is 62.6 Å². The van der Waals surface area contributed by atoms with Gasteiger partial charge in [-0.25, -0.2) is 4.99 Å². The number of aryl methyl sites for hydroxylation is 2. The van der Waals surface area contributed by atoms with Crippen molar-refractivity contribution in [2.24, 2.45) is 4.99 Å². The number of fused-ring (bicyclic) bond motifs is 1. The predicted octanol–water partition coefficient (Wildman–Crippen LogP) is 2.63. The average Bonchev–Trinajstić information content (AvgIpc) is 3.46. The van der Waals surface area contributed by atoms with Crippen LogP contribution in [0.2, 0.25) is 0 Å². The molecule has 3 heterocycles. The molecule has 2 aliphatic rings. The van der Waals surface area contributed by atoms with Crippen LogP contribution in [0.1, 0.15) is 29.8 Å². The number of aromatic amines is 2. The monoisotopic (exact) mass is 410 g/mol.